The molecule has 0 spiro atoms. The standard InChI is InChI=1S/C13H22N2O6/c1-2-21-12(19)9-4-3-6-15(8-9)13(20)14-10(5-7-16)11(17)18/h9-10,16H,2-8H2,1H3,(H,14,20)(H,17,18)/t9?,10-/m1/s1. The van der Waals surface area contributed by atoms with Crippen LogP contribution < -0.4 is 5.32 Å². The molecule has 0 aromatic heterocycles. The van der Waals surface area contributed by atoms with E-state index in [1.54, 1.807) is 6.92 Å². The minimum Gasteiger partial charge on any atom is -0.480 e. The summed E-state index contributed by atoms with van der Waals surface area (Å²) in [5.74, 6) is -1.90. The van der Waals surface area contributed by atoms with E-state index >= 15 is 0 Å². The number of carboxylic acids is 1. The van der Waals surface area contributed by atoms with Crippen LogP contribution in [0.1, 0.15) is 26.2 Å². The molecule has 0 aromatic rings. The smallest absolute Gasteiger partial charge is 0.326 e. The zero-order valence-corrected chi connectivity index (χ0v) is 12.1. The number of likely N-dealkylation sites (tertiary alicyclic amines) is 1. The third-order valence-electron chi connectivity index (χ3n) is 3.34. The lowest BCUT2D eigenvalue weighted by Gasteiger charge is -2.32. The van der Waals surface area contributed by atoms with Gasteiger partial charge in [-0.25, -0.2) is 9.59 Å². The van der Waals surface area contributed by atoms with Crippen LogP contribution in [0, 0.1) is 5.92 Å². The van der Waals surface area contributed by atoms with E-state index in [1.807, 2.05) is 0 Å². The van der Waals surface area contributed by atoms with E-state index in [0.29, 0.717) is 26.0 Å². The first-order valence-electron chi connectivity index (χ1n) is 7.05. The maximum atomic E-state index is 12.0. The number of carbonyl (C=O) groups excluding carboxylic acids is 2. The quantitative estimate of drug-likeness (QED) is 0.585. The lowest BCUT2D eigenvalue weighted by Crippen LogP contribution is -2.52. The third-order valence-corrected chi connectivity index (χ3v) is 3.34. The van der Waals surface area contributed by atoms with Crippen molar-refractivity contribution in [1.29, 1.82) is 0 Å². The summed E-state index contributed by atoms with van der Waals surface area (Å²) in [6, 6.07) is -1.67. The Balaban J connectivity index is 2.56. The highest BCUT2D eigenvalue weighted by molar-refractivity contribution is 5.83. The number of amides is 2. The number of rotatable bonds is 6. The maximum Gasteiger partial charge on any atom is 0.326 e. The summed E-state index contributed by atoms with van der Waals surface area (Å²) >= 11 is 0. The minimum atomic E-state index is -1.20. The number of piperidine rings is 1. The summed E-state index contributed by atoms with van der Waals surface area (Å²) in [5, 5.41) is 20.1. The van der Waals surface area contributed by atoms with Gasteiger partial charge in [-0.1, -0.05) is 0 Å². The lowest BCUT2D eigenvalue weighted by atomic mass is 9.98. The summed E-state index contributed by atoms with van der Waals surface area (Å²) in [7, 11) is 0. The van der Waals surface area contributed by atoms with E-state index in [4.69, 9.17) is 14.9 Å². The number of hydrogen-bond acceptors (Lipinski definition) is 5. The second-order valence-electron chi connectivity index (χ2n) is 4.89. The Morgan fingerprint density at radius 1 is 1.43 bits per heavy atom. The molecule has 1 fully saturated rings. The van der Waals surface area contributed by atoms with Crippen LogP contribution in [0.15, 0.2) is 0 Å². The van der Waals surface area contributed by atoms with Crippen molar-refractivity contribution in [3.63, 3.8) is 0 Å². The molecule has 8 heteroatoms. The lowest BCUT2D eigenvalue weighted by molar-refractivity contribution is -0.149. The van der Waals surface area contributed by atoms with Gasteiger partial charge in [-0.05, 0) is 19.8 Å². The molecular formula is C13H22N2O6. The van der Waals surface area contributed by atoms with E-state index in [0.717, 1.165) is 0 Å². The Hall–Kier alpha value is -1.83. The summed E-state index contributed by atoms with van der Waals surface area (Å²) in [5.41, 5.74) is 0. The highest BCUT2D eigenvalue weighted by Crippen LogP contribution is 2.18. The zero-order chi connectivity index (χ0) is 15.8. The van der Waals surface area contributed by atoms with Crippen LogP contribution in [-0.2, 0) is 14.3 Å². The van der Waals surface area contributed by atoms with Crippen molar-refractivity contribution >= 4 is 18.0 Å². The number of nitrogens with one attached hydrogen (secondary N) is 1. The SMILES string of the molecule is CCOC(=O)C1CCCN(C(=O)N[C@H](CCO)C(=O)O)C1. The number of hydrogen-bond donors (Lipinski definition) is 3. The van der Waals surface area contributed by atoms with Crippen LogP contribution in [0.4, 0.5) is 4.79 Å². The van der Waals surface area contributed by atoms with Crippen LogP contribution in [0.25, 0.3) is 0 Å². The van der Waals surface area contributed by atoms with Gasteiger partial charge in [0.25, 0.3) is 0 Å². The Bertz CT molecular complexity index is 387. The Labute approximate surface area is 123 Å². The molecule has 3 N–H and O–H groups in total. The van der Waals surface area contributed by atoms with Gasteiger partial charge >= 0.3 is 18.0 Å². The van der Waals surface area contributed by atoms with Crippen LogP contribution in [0.5, 0.6) is 0 Å². The molecule has 8 nitrogen and oxygen atoms in total. The number of aliphatic hydroxyl groups excluding tert-OH is 1. The van der Waals surface area contributed by atoms with Crippen LogP contribution in [-0.4, -0.2) is 65.4 Å². The number of carboxylic acid groups (broad SMARTS) is 1. The summed E-state index contributed by atoms with van der Waals surface area (Å²) < 4.78 is 4.94. The maximum absolute atomic E-state index is 12.0. The molecule has 0 saturated carbocycles. The molecule has 0 aliphatic carbocycles. The van der Waals surface area contributed by atoms with Gasteiger partial charge in [0.1, 0.15) is 6.04 Å². The first kappa shape index (κ1) is 17.2. The molecule has 1 unspecified atom stereocenters. The van der Waals surface area contributed by atoms with Gasteiger partial charge in [0.15, 0.2) is 0 Å². The van der Waals surface area contributed by atoms with E-state index in [-0.39, 0.29) is 31.5 Å². The third kappa shape index (κ3) is 5.22. The molecule has 120 valence electrons. The number of esters is 1. The molecule has 1 aliphatic rings. The molecule has 21 heavy (non-hydrogen) atoms. The first-order chi connectivity index (χ1) is 9.99. The largest absolute Gasteiger partial charge is 0.480 e. The molecule has 2 atom stereocenters. The fraction of sp³-hybridized carbons (Fsp3) is 0.769. The van der Waals surface area contributed by atoms with Gasteiger partial charge in [0.2, 0.25) is 0 Å². The highest BCUT2D eigenvalue weighted by atomic mass is 16.5. The van der Waals surface area contributed by atoms with E-state index in [2.05, 4.69) is 5.32 Å². The van der Waals surface area contributed by atoms with Crippen LogP contribution in [0.3, 0.4) is 0 Å². The molecular weight excluding hydrogens is 280 g/mol. The second-order valence-corrected chi connectivity index (χ2v) is 4.89. The molecule has 0 bridgehead atoms. The number of aliphatic hydroxyl groups is 1. The summed E-state index contributed by atoms with van der Waals surface area (Å²) in [4.78, 5) is 36.1. The van der Waals surface area contributed by atoms with Crippen molar-refractivity contribution in [2.24, 2.45) is 5.92 Å². The molecule has 1 rings (SSSR count). The predicted octanol–water partition coefficient (Wildman–Crippen LogP) is -0.193. The van der Waals surface area contributed by atoms with Crippen LogP contribution >= 0.6 is 0 Å². The number of aliphatic carboxylic acids is 1. The van der Waals surface area contributed by atoms with Gasteiger partial charge in [0, 0.05) is 26.1 Å². The van der Waals surface area contributed by atoms with E-state index in [9.17, 15) is 14.4 Å². The van der Waals surface area contributed by atoms with E-state index in [1.165, 1.54) is 4.90 Å². The molecule has 0 aromatic carbocycles. The monoisotopic (exact) mass is 302 g/mol. The van der Waals surface area contributed by atoms with Gasteiger partial charge in [0.05, 0.1) is 12.5 Å². The number of carbonyl (C=O) groups is 3. The number of urea groups is 1. The first-order valence-corrected chi connectivity index (χ1v) is 7.05. The molecule has 1 aliphatic heterocycles. The van der Waals surface area contributed by atoms with Gasteiger partial charge < -0.3 is 25.2 Å². The Kier molecular flexibility index (Phi) is 6.93. The van der Waals surface area contributed by atoms with Crippen LogP contribution in [0.2, 0.25) is 0 Å². The summed E-state index contributed by atoms with van der Waals surface area (Å²) in [6.45, 7) is 2.36. The summed E-state index contributed by atoms with van der Waals surface area (Å²) in [6.07, 6.45) is 1.26. The average Bonchev–Trinajstić information content (AvgIpc) is 2.47. The van der Waals surface area contributed by atoms with Gasteiger partial charge in [-0.3, -0.25) is 4.79 Å². The van der Waals surface area contributed by atoms with Crippen molar-refractivity contribution in [3.05, 3.63) is 0 Å². The highest BCUT2D eigenvalue weighted by Gasteiger charge is 2.31. The van der Waals surface area contributed by atoms with Crippen molar-refractivity contribution in [3.8, 4) is 0 Å². The second kappa shape index (κ2) is 8.46. The van der Waals surface area contributed by atoms with E-state index < -0.39 is 18.0 Å². The topological polar surface area (TPSA) is 116 Å². The molecule has 2 amide bonds. The molecule has 1 heterocycles. The van der Waals surface area contributed by atoms with Gasteiger partial charge in [-0.15, -0.1) is 0 Å². The van der Waals surface area contributed by atoms with Crippen molar-refractivity contribution in [1.82, 2.24) is 10.2 Å². The average molecular weight is 302 g/mol. The van der Waals surface area contributed by atoms with Crippen molar-refractivity contribution in [2.75, 3.05) is 26.3 Å². The number of ether oxygens (including phenoxy) is 1. The van der Waals surface area contributed by atoms with Crippen molar-refractivity contribution < 1.29 is 29.3 Å². The van der Waals surface area contributed by atoms with Crippen molar-refractivity contribution in [2.45, 2.75) is 32.2 Å². The normalized spacial score (nSPS) is 19.7. The zero-order valence-electron chi connectivity index (χ0n) is 12.1. The minimum absolute atomic E-state index is 0.0593. The number of nitrogens with zero attached hydrogens (tertiary/aromatic N) is 1. The molecule has 1 saturated heterocycles. The molecule has 0 radical (unpaired) electrons. The predicted molar refractivity (Wildman–Crippen MR) is 72.6 cm³/mol. The van der Waals surface area contributed by atoms with Gasteiger partial charge in [-0.2, -0.15) is 0 Å². The Morgan fingerprint density at radius 3 is 2.71 bits per heavy atom. The Morgan fingerprint density at radius 2 is 2.14 bits per heavy atom. The fourth-order valence-corrected chi connectivity index (χ4v) is 2.24. The fourth-order valence-electron chi connectivity index (χ4n) is 2.24.